The summed E-state index contributed by atoms with van der Waals surface area (Å²) >= 11 is 0.0879. The number of aromatic nitrogens is 1. The van der Waals surface area contributed by atoms with E-state index < -0.39 is 22.1 Å². The number of nitrogens with zero attached hydrogens (tertiary/aromatic N) is 2. The molecule has 1 N–H and O–H groups in total. The summed E-state index contributed by atoms with van der Waals surface area (Å²) in [5.41, 5.74) is 3.68. The Morgan fingerprint density at radius 3 is 2.85 bits per heavy atom. The van der Waals surface area contributed by atoms with Gasteiger partial charge in [0.05, 0.1) is 23.9 Å². The maximum atomic E-state index is 12.2. The van der Waals surface area contributed by atoms with E-state index in [4.69, 9.17) is 14.3 Å². The fourth-order valence-electron chi connectivity index (χ4n) is 3.23. The molecule has 2 aromatic heterocycles. The molecule has 0 aliphatic heterocycles. The number of thiazole rings is 1. The van der Waals surface area contributed by atoms with Crippen molar-refractivity contribution in [2.24, 2.45) is 4.40 Å². The molecule has 0 aliphatic carbocycles. The SMILES string of the molecule is CC(C)(C)[S+]([O-])N=Cc1csc(-c2cc(COc3ccccc3CC(=O)O)cc3ccoc23)n1. The van der Waals surface area contributed by atoms with Gasteiger partial charge in [0.25, 0.3) is 0 Å². The van der Waals surface area contributed by atoms with Crippen LogP contribution in [-0.2, 0) is 29.2 Å². The van der Waals surface area contributed by atoms with Crippen molar-refractivity contribution in [3.05, 3.63) is 70.9 Å². The third-order valence-corrected chi connectivity index (χ3v) is 7.11. The average Bonchev–Trinajstić information content (AvgIpc) is 3.45. The Labute approximate surface area is 204 Å². The van der Waals surface area contributed by atoms with E-state index in [0.717, 1.165) is 21.5 Å². The number of fused-ring (bicyclic) bond motifs is 1. The van der Waals surface area contributed by atoms with Crippen molar-refractivity contribution in [3.8, 4) is 16.3 Å². The molecule has 0 bridgehead atoms. The highest BCUT2D eigenvalue weighted by atomic mass is 32.2. The number of aliphatic carboxylic acids is 1. The van der Waals surface area contributed by atoms with E-state index in [1.54, 1.807) is 24.5 Å². The number of carbonyl (C=O) groups is 1. The number of benzene rings is 2. The highest BCUT2D eigenvalue weighted by molar-refractivity contribution is 7.91. The molecule has 34 heavy (non-hydrogen) atoms. The molecule has 1 atom stereocenters. The van der Waals surface area contributed by atoms with E-state index in [1.165, 1.54) is 17.6 Å². The van der Waals surface area contributed by atoms with Gasteiger partial charge in [0, 0.05) is 16.3 Å². The van der Waals surface area contributed by atoms with E-state index in [0.29, 0.717) is 22.6 Å². The summed E-state index contributed by atoms with van der Waals surface area (Å²) < 4.78 is 27.6. The maximum absolute atomic E-state index is 12.2. The zero-order valence-corrected chi connectivity index (χ0v) is 20.6. The quantitative estimate of drug-likeness (QED) is 0.250. The molecular formula is C25H24N2O5S2. The second kappa shape index (κ2) is 10.0. The van der Waals surface area contributed by atoms with Gasteiger partial charge >= 0.3 is 5.97 Å². The number of rotatable bonds is 8. The molecule has 4 rings (SSSR count). The van der Waals surface area contributed by atoms with Crippen LogP contribution in [0.3, 0.4) is 0 Å². The standard InChI is InChI=1S/C25H24N2O5S2/c1-25(2,3)34(30)26-13-19-15-33-24(27-19)20-11-16(10-18-8-9-31-23(18)20)14-32-21-7-5-4-6-17(21)12-22(28)29/h4-11,13,15H,12,14H2,1-3H3,(H,28,29). The lowest BCUT2D eigenvalue weighted by atomic mass is 10.1. The number of carboxylic acid groups (broad SMARTS) is 1. The minimum absolute atomic E-state index is 0.106. The summed E-state index contributed by atoms with van der Waals surface area (Å²) in [5, 5.41) is 12.7. The van der Waals surface area contributed by atoms with Crippen molar-refractivity contribution >= 4 is 45.9 Å². The third-order valence-electron chi connectivity index (χ3n) is 4.88. The molecule has 0 amide bonds. The van der Waals surface area contributed by atoms with Crippen molar-refractivity contribution < 1.29 is 23.6 Å². The van der Waals surface area contributed by atoms with Crippen LogP contribution in [0.15, 0.2) is 62.9 Å². The van der Waals surface area contributed by atoms with E-state index in [1.807, 2.05) is 50.4 Å². The summed E-state index contributed by atoms with van der Waals surface area (Å²) in [5.74, 6) is -0.370. The van der Waals surface area contributed by atoms with Crippen molar-refractivity contribution in [1.29, 1.82) is 0 Å². The topological polar surface area (TPSA) is 108 Å². The lowest BCUT2D eigenvalue weighted by Crippen LogP contribution is -2.25. The van der Waals surface area contributed by atoms with E-state index >= 15 is 0 Å². The molecule has 1 unspecified atom stereocenters. The normalized spacial score (nSPS) is 12.9. The van der Waals surface area contributed by atoms with Crippen LogP contribution in [-0.4, -0.2) is 31.6 Å². The lowest BCUT2D eigenvalue weighted by Gasteiger charge is -2.17. The molecule has 0 saturated carbocycles. The number of ether oxygens (including phenoxy) is 1. The van der Waals surface area contributed by atoms with Gasteiger partial charge in [-0.15, -0.1) is 11.3 Å². The molecule has 176 valence electrons. The molecule has 2 aromatic carbocycles. The molecule has 0 saturated heterocycles. The lowest BCUT2D eigenvalue weighted by molar-refractivity contribution is -0.136. The van der Waals surface area contributed by atoms with E-state index in [9.17, 15) is 9.35 Å². The van der Waals surface area contributed by atoms with Crippen LogP contribution in [0.25, 0.3) is 21.5 Å². The minimum Gasteiger partial charge on any atom is -0.591 e. The van der Waals surface area contributed by atoms with Crippen LogP contribution in [0.5, 0.6) is 5.75 Å². The molecule has 0 fully saturated rings. The van der Waals surface area contributed by atoms with E-state index in [2.05, 4.69) is 9.38 Å². The first kappa shape index (κ1) is 24.0. The second-order valence-electron chi connectivity index (χ2n) is 8.62. The highest BCUT2D eigenvalue weighted by Crippen LogP contribution is 2.33. The number of para-hydroxylation sites is 1. The van der Waals surface area contributed by atoms with Crippen LogP contribution in [0.4, 0.5) is 0 Å². The van der Waals surface area contributed by atoms with Crippen LogP contribution < -0.4 is 4.74 Å². The zero-order valence-electron chi connectivity index (χ0n) is 19.0. The minimum atomic E-state index is -1.36. The Morgan fingerprint density at radius 1 is 1.29 bits per heavy atom. The van der Waals surface area contributed by atoms with Crippen LogP contribution in [0.2, 0.25) is 0 Å². The molecule has 9 heteroatoms. The fourth-order valence-corrected chi connectivity index (χ4v) is 4.53. The first-order valence-electron chi connectivity index (χ1n) is 10.6. The summed E-state index contributed by atoms with van der Waals surface area (Å²) in [6.07, 6.45) is 3.06. The predicted octanol–water partition coefficient (Wildman–Crippen LogP) is 5.64. The number of hydrogen-bond donors (Lipinski definition) is 1. The number of furan rings is 1. The predicted molar refractivity (Wildman–Crippen MR) is 135 cm³/mol. The Balaban J connectivity index is 1.59. The summed E-state index contributed by atoms with van der Waals surface area (Å²) in [6, 6.07) is 12.9. The summed E-state index contributed by atoms with van der Waals surface area (Å²) in [7, 11) is 0. The van der Waals surface area contributed by atoms with Gasteiger partial charge in [0.2, 0.25) is 0 Å². The highest BCUT2D eigenvalue weighted by Gasteiger charge is 2.26. The van der Waals surface area contributed by atoms with Crippen molar-refractivity contribution in [1.82, 2.24) is 4.98 Å². The Hall–Kier alpha value is -3.14. The molecule has 0 aliphatic rings. The van der Waals surface area contributed by atoms with Gasteiger partial charge in [0.15, 0.2) is 0 Å². The first-order valence-corrected chi connectivity index (χ1v) is 12.5. The summed E-state index contributed by atoms with van der Waals surface area (Å²) in [4.78, 5) is 15.8. The van der Waals surface area contributed by atoms with Gasteiger partial charge in [-0.3, -0.25) is 4.79 Å². The van der Waals surface area contributed by atoms with Gasteiger partial charge in [-0.05, 0) is 50.6 Å². The van der Waals surface area contributed by atoms with Crippen LogP contribution >= 0.6 is 11.3 Å². The van der Waals surface area contributed by atoms with Crippen LogP contribution in [0, 0.1) is 0 Å². The van der Waals surface area contributed by atoms with E-state index in [-0.39, 0.29) is 13.0 Å². The second-order valence-corrected chi connectivity index (χ2v) is 11.4. The maximum Gasteiger partial charge on any atom is 0.307 e. The third kappa shape index (κ3) is 5.67. The molecule has 0 radical (unpaired) electrons. The monoisotopic (exact) mass is 496 g/mol. The van der Waals surface area contributed by atoms with Gasteiger partial charge in [-0.25, -0.2) is 4.98 Å². The van der Waals surface area contributed by atoms with Gasteiger partial charge < -0.3 is 18.8 Å². The summed E-state index contributed by atoms with van der Waals surface area (Å²) in [6.45, 7) is 5.87. The van der Waals surface area contributed by atoms with Crippen LogP contribution in [0.1, 0.15) is 37.6 Å². The smallest absolute Gasteiger partial charge is 0.307 e. The largest absolute Gasteiger partial charge is 0.591 e. The zero-order chi connectivity index (χ0) is 24.3. The first-order chi connectivity index (χ1) is 16.2. The Morgan fingerprint density at radius 2 is 2.09 bits per heavy atom. The Bertz CT molecular complexity index is 1340. The number of hydrogen-bond acceptors (Lipinski definition) is 7. The van der Waals surface area contributed by atoms with Crippen molar-refractivity contribution in [2.45, 2.75) is 38.5 Å². The molecule has 7 nitrogen and oxygen atoms in total. The average molecular weight is 497 g/mol. The molecule has 2 heterocycles. The van der Waals surface area contributed by atoms with Gasteiger partial charge in [-0.1, -0.05) is 22.6 Å². The van der Waals surface area contributed by atoms with Gasteiger partial charge in [-0.2, -0.15) is 0 Å². The Kier molecular flexibility index (Phi) is 7.06. The molecular weight excluding hydrogens is 472 g/mol. The van der Waals surface area contributed by atoms with Gasteiger partial charge in [0.1, 0.15) is 45.3 Å². The number of carboxylic acids is 1. The van der Waals surface area contributed by atoms with Crippen molar-refractivity contribution in [3.63, 3.8) is 0 Å². The molecule has 4 aromatic rings. The molecule has 0 spiro atoms. The van der Waals surface area contributed by atoms with Crippen molar-refractivity contribution in [2.75, 3.05) is 0 Å². The fraction of sp³-hybridized carbons (Fsp3) is 0.240.